The van der Waals surface area contributed by atoms with E-state index < -0.39 is 0 Å². The first-order valence-electron chi connectivity index (χ1n) is 6.22. The summed E-state index contributed by atoms with van der Waals surface area (Å²) >= 11 is 0. The lowest BCUT2D eigenvalue weighted by molar-refractivity contribution is 0.467. The highest BCUT2D eigenvalue weighted by atomic mass is 19.1. The minimum absolute atomic E-state index is 0.0190. The molecule has 2 atom stereocenters. The number of rotatable bonds is 4. The fourth-order valence-corrected chi connectivity index (χ4v) is 2.17. The molecule has 0 saturated carbocycles. The Hall–Kier alpha value is -1.67. The van der Waals surface area contributed by atoms with Crippen LogP contribution < -0.4 is 5.73 Å². The Morgan fingerprint density at radius 1 is 1.06 bits per heavy atom. The van der Waals surface area contributed by atoms with Crippen LogP contribution >= 0.6 is 0 Å². The monoisotopic (exact) mass is 243 g/mol. The van der Waals surface area contributed by atoms with Gasteiger partial charge in [-0.3, -0.25) is 0 Å². The molecule has 0 aliphatic heterocycles. The summed E-state index contributed by atoms with van der Waals surface area (Å²) in [4.78, 5) is 0. The van der Waals surface area contributed by atoms with Crippen molar-refractivity contribution >= 4 is 0 Å². The maximum absolute atomic E-state index is 13.1. The highest BCUT2D eigenvalue weighted by Gasteiger charge is 2.15. The van der Waals surface area contributed by atoms with Gasteiger partial charge in [0.25, 0.3) is 0 Å². The van der Waals surface area contributed by atoms with Gasteiger partial charge in [0.2, 0.25) is 0 Å². The van der Waals surface area contributed by atoms with Gasteiger partial charge in [0.1, 0.15) is 5.82 Å². The van der Waals surface area contributed by atoms with E-state index in [1.54, 1.807) is 12.1 Å². The van der Waals surface area contributed by atoms with E-state index in [9.17, 15) is 4.39 Å². The molecule has 18 heavy (non-hydrogen) atoms. The standard InChI is InChI=1S/C16H18FN/c1-12(10-13-6-5-9-15(17)11-13)16(18)14-7-3-2-4-8-14/h2-9,11-12,16H,10,18H2,1H3. The largest absolute Gasteiger partial charge is 0.324 e. The van der Waals surface area contributed by atoms with Gasteiger partial charge < -0.3 is 5.73 Å². The van der Waals surface area contributed by atoms with Gasteiger partial charge in [-0.15, -0.1) is 0 Å². The first kappa shape index (κ1) is 12.8. The third-order valence-electron chi connectivity index (χ3n) is 3.24. The zero-order valence-electron chi connectivity index (χ0n) is 10.5. The molecule has 0 radical (unpaired) electrons. The highest BCUT2D eigenvalue weighted by Crippen LogP contribution is 2.22. The van der Waals surface area contributed by atoms with Crippen LogP contribution in [0.15, 0.2) is 54.6 Å². The van der Waals surface area contributed by atoms with Crippen LogP contribution in [0, 0.1) is 11.7 Å². The van der Waals surface area contributed by atoms with Crippen molar-refractivity contribution in [3.05, 3.63) is 71.5 Å². The van der Waals surface area contributed by atoms with Crippen LogP contribution in [0.2, 0.25) is 0 Å². The quantitative estimate of drug-likeness (QED) is 0.870. The molecule has 0 bridgehead atoms. The predicted octanol–water partition coefficient (Wildman–Crippen LogP) is 3.70. The zero-order valence-corrected chi connectivity index (χ0v) is 10.5. The SMILES string of the molecule is CC(Cc1cccc(F)c1)C(N)c1ccccc1. The van der Waals surface area contributed by atoms with Crippen LogP contribution in [0.25, 0.3) is 0 Å². The highest BCUT2D eigenvalue weighted by molar-refractivity contribution is 5.21. The van der Waals surface area contributed by atoms with E-state index in [0.29, 0.717) is 0 Å². The second-order valence-electron chi connectivity index (χ2n) is 4.75. The maximum Gasteiger partial charge on any atom is 0.123 e. The average Bonchev–Trinajstić information content (AvgIpc) is 2.39. The van der Waals surface area contributed by atoms with Crippen LogP contribution in [0.1, 0.15) is 24.1 Å². The minimum Gasteiger partial charge on any atom is -0.324 e. The molecular weight excluding hydrogens is 225 g/mol. The van der Waals surface area contributed by atoms with Crippen LogP contribution in [0.3, 0.4) is 0 Å². The molecule has 2 rings (SSSR count). The number of hydrogen-bond acceptors (Lipinski definition) is 1. The van der Waals surface area contributed by atoms with Gasteiger partial charge in [0.15, 0.2) is 0 Å². The van der Waals surface area contributed by atoms with Crippen molar-refractivity contribution in [3.8, 4) is 0 Å². The van der Waals surface area contributed by atoms with Crippen LogP contribution in [-0.4, -0.2) is 0 Å². The molecule has 2 aromatic rings. The van der Waals surface area contributed by atoms with Crippen molar-refractivity contribution in [2.24, 2.45) is 11.7 Å². The molecule has 0 aliphatic rings. The Morgan fingerprint density at radius 2 is 1.78 bits per heavy atom. The smallest absolute Gasteiger partial charge is 0.123 e. The van der Waals surface area contributed by atoms with Gasteiger partial charge >= 0.3 is 0 Å². The maximum atomic E-state index is 13.1. The summed E-state index contributed by atoms with van der Waals surface area (Å²) in [6.07, 6.45) is 0.786. The van der Waals surface area contributed by atoms with Crippen molar-refractivity contribution in [1.29, 1.82) is 0 Å². The topological polar surface area (TPSA) is 26.0 Å². The predicted molar refractivity (Wildman–Crippen MR) is 72.6 cm³/mol. The summed E-state index contributed by atoms with van der Waals surface area (Å²) in [5.41, 5.74) is 8.35. The van der Waals surface area contributed by atoms with E-state index in [1.807, 2.05) is 36.4 Å². The number of benzene rings is 2. The fraction of sp³-hybridized carbons (Fsp3) is 0.250. The molecule has 0 spiro atoms. The Bertz CT molecular complexity index is 495. The van der Waals surface area contributed by atoms with Gasteiger partial charge in [-0.05, 0) is 35.6 Å². The summed E-state index contributed by atoms with van der Waals surface area (Å²) in [6.45, 7) is 2.10. The lowest BCUT2D eigenvalue weighted by atomic mass is 9.90. The van der Waals surface area contributed by atoms with Gasteiger partial charge in [0.05, 0.1) is 0 Å². The fourth-order valence-electron chi connectivity index (χ4n) is 2.17. The second-order valence-corrected chi connectivity index (χ2v) is 4.75. The summed E-state index contributed by atoms with van der Waals surface area (Å²) in [5.74, 6) is 0.0854. The van der Waals surface area contributed by atoms with E-state index in [2.05, 4.69) is 6.92 Å². The molecule has 0 aromatic heterocycles. The molecule has 0 amide bonds. The summed E-state index contributed by atoms with van der Waals surface area (Å²) < 4.78 is 13.1. The third kappa shape index (κ3) is 3.17. The van der Waals surface area contributed by atoms with Gasteiger partial charge in [-0.25, -0.2) is 4.39 Å². The molecule has 1 nitrogen and oxygen atoms in total. The first-order valence-corrected chi connectivity index (χ1v) is 6.22. The van der Waals surface area contributed by atoms with Crippen LogP contribution in [0.4, 0.5) is 4.39 Å². The Balaban J connectivity index is 2.06. The van der Waals surface area contributed by atoms with E-state index in [1.165, 1.54) is 6.07 Å². The number of hydrogen-bond donors (Lipinski definition) is 1. The van der Waals surface area contributed by atoms with E-state index in [-0.39, 0.29) is 17.8 Å². The lowest BCUT2D eigenvalue weighted by Gasteiger charge is -2.20. The van der Waals surface area contributed by atoms with Crippen LogP contribution in [0.5, 0.6) is 0 Å². The van der Waals surface area contributed by atoms with Crippen molar-refractivity contribution < 1.29 is 4.39 Å². The van der Waals surface area contributed by atoms with Crippen molar-refractivity contribution in [3.63, 3.8) is 0 Å². The Labute approximate surface area is 107 Å². The average molecular weight is 243 g/mol. The second kappa shape index (κ2) is 5.78. The van der Waals surface area contributed by atoms with Gasteiger partial charge in [-0.2, -0.15) is 0 Å². The molecule has 0 saturated heterocycles. The first-order chi connectivity index (χ1) is 8.66. The molecule has 2 aromatic carbocycles. The normalized spacial score (nSPS) is 14.2. The third-order valence-corrected chi connectivity index (χ3v) is 3.24. The van der Waals surface area contributed by atoms with Crippen molar-refractivity contribution in [2.75, 3.05) is 0 Å². The molecule has 2 unspecified atom stereocenters. The number of nitrogens with two attached hydrogens (primary N) is 1. The zero-order chi connectivity index (χ0) is 13.0. The molecule has 2 N–H and O–H groups in total. The number of halogens is 1. The molecule has 0 heterocycles. The van der Waals surface area contributed by atoms with E-state index >= 15 is 0 Å². The van der Waals surface area contributed by atoms with Gasteiger partial charge in [0, 0.05) is 6.04 Å². The Morgan fingerprint density at radius 3 is 2.44 bits per heavy atom. The van der Waals surface area contributed by atoms with E-state index in [0.717, 1.165) is 17.5 Å². The van der Waals surface area contributed by atoms with E-state index in [4.69, 9.17) is 5.73 Å². The Kier molecular flexibility index (Phi) is 4.11. The van der Waals surface area contributed by atoms with Crippen molar-refractivity contribution in [2.45, 2.75) is 19.4 Å². The lowest BCUT2D eigenvalue weighted by Crippen LogP contribution is -2.20. The molecule has 0 fully saturated rings. The molecule has 2 heteroatoms. The summed E-state index contributed by atoms with van der Waals surface area (Å²) in [7, 11) is 0. The summed E-state index contributed by atoms with van der Waals surface area (Å²) in [6, 6.07) is 16.7. The molecular formula is C16H18FN. The minimum atomic E-state index is -0.187. The summed E-state index contributed by atoms with van der Waals surface area (Å²) in [5, 5.41) is 0. The van der Waals surface area contributed by atoms with Crippen molar-refractivity contribution in [1.82, 2.24) is 0 Å². The molecule has 94 valence electrons. The van der Waals surface area contributed by atoms with Crippen LogP contribution in [-0.2, 0) is 6.42 Å². The van der Waals surface area contributed by atoms with Gasteiger partial charge in [-0.1, -0.05) is 49.4 Å². The molecule has 0 aliphatic carbocycles.